The molecule has 1 aliphatic carbocycles. The molecule has 0 bridgehead atoms. The van der Waals surface area contributed by atoms with Gasteiger partial charge in [-0.25, -0.2) is 9.97 Å². The van der Waals surface area contributed by atoms with Crippen LogP contribution in [-0.4, -0.2) is 43.2 Å². The summed E-state index contributed by atoms with van der Waals surface area (Å²) in [4.78, 5) is 13.1. The quantitative estimate of drug-likeness (QED) is 0.875. The average Bonchev–Trinajstić information content (AvgIpc) is 2.48. The first-order chi connectivity index (χ1) is 9.22. The van der Waals surface area contributed by atoms with Crippen LogP contribution in [0.15, 0.2) is 12.4 Å². The van der Waals surface area contributed by atoms with Crippen LogP contribution in [0.4, 0.5) is 11.6 Å². The number of anilines is 2. The van der Waals surface area contributed by atoms with E-state index >= 15 is 0 Å². The Morgan fingerprint density at radius 3 is 2.53 bits per heavy atom. The molecule has 0 unspecified atom stereocenters. The maximum atomic E-state index is 5.59. The van der Waals surface area contributed by atoms with Crippen molar-refractivity contribution in [2.75, 3.05) is 37.0 Å². The van der Waals surface area contributed by atoms with Crippen molar-refractivity contribution in [3.8, 4) is 0 Å². The summed E-state index contributed by atoms with van der Waals surface area (Å²) in [5.74, 6) is 1.96. The minimum Gasteiger partial charge on any atom is -0.358 e. The van der Waals surface area contributed by atoms with Gasteiger partial charge in [-0.05, 0) is 12.8 Å². The van der Waals surface area contributed by atoms with Crippen LogP contribution in [0.3, 0.4) is 0 Å². The molecule has 0 aliphatic heterocycles. The minimum absolute atomic E-state index is 0.622. The van der Waals surface area contributed by atoms with Crippen molar-refractivity contribution in [2.24, 2.45) is 5.73 Å². The molecule has 1 heterocycles. The van der Waals surface area contributed by atoms with Crippen molar-refractivity contribution in [2.45, 2.75) is 38.1 Å². The van der Waals surface area contributed by atoms with Gasteiger partial charge in [0.25, 0.3) is 0 Å². The van der Waals surface area contributed by atoms with Gasteiger partial charge in [0.2, 0.25) is 0 Å². The standard InChI is InChI=1S/C14H25N5/c1-18(9-8-15)13-10-14(17-11-16-13)19(2)12-6-4-3-5-7-12/h10-12H,3-9,15H2,1-2H3. The molecule has 0 atom stereocenters. The van der Waals surface area contributed by atoms with E-state index in [1.807, 2.05) is 7.05 Å². The lowest BCUT2D eigenvalue weighted by Gasteiger charge is -2.32. The Labute approximate surface area is 115 Å². The zero-order valence-corrected chi connectivity index (χ0v) is 12.0. The van der Waals surface area contributed by atoms with Crippen LogP contribution in [0.1, 0.15) is 32.1 Å². The monoisotopic (exact) mass is 263 g/mol. The van der Waals surface area contributed by atoms with Gasteiger partial charge in [0.05, 0.1) is 0 Å². The Bertz CT molecular complexity index is 389. The van der Waals surface area contributed by atoms with E-state index in [9.17, 15) is 0 Å². The van der Waals surface area contributed by atoms with E-state index in [0.717, 1.165) is 18.2 Å². The number of aromatic nitrogens is 2. The van der Waals surface area contributed by atoms with Crippen molar-refractivity contribution >= 4 is 11.6 Å². The van der Waals surface area contributed by atoms with Crippen LogP contribution in [0.25, 0.3) is 0 Å². The van der Waals surface area contributed by atoms with Crippen molar-refractivity contribution in [3.05, 3.63) is 12.4 Å². The molecule has 1 aromatic heterocycles. The second-order valence-corrected chi connectivity index (χ2v) is 5.35. The van der Waals surface area contributed by atoms with Gasteiger partial charge in [-0.15, -0.1) is 0 Å². The Kier molecular flexibility index (Phi) is 4.96. The normalized spacial score (nSPS) is 16.4. The molecule has 106 valence electrons. The summed E-state index contributed by atoms with van der Waals surface area (Å²) in [5, 5.41) is 0. The van der Waals surface area contributed by atoms with Gasteiger partial charge >= 0.3 is 0 Å². The molecule has 1 saturated carbocycles. The lowest BCUT2D eigenvalue weighted by atomic mass is 9.94. The molecule has 0 spiro atoms. The number of rotatable bonds is 5. The van der Waals surface area contributed by atoms with Crippen LogP contribution >= 0.6 is 0 Å². The maximum Gasteiger partial charge on any atom is 0.134 e. The summed E-state index contributed by atoms with van der Waals surface area (Å²) in [5.41, 5.74) is 5.59. The number of likely N-dealkylation sites (N-methyl/N-ethyl adjacent to an activating group) is 1. The predicted molar refractivity (Wildman–Crippen MR) is 79.6 cm³/mol. The molecule has 0 saturated heterocycles. The summed E-state index contributed by atoms with van der Waals surface area (Å²) in [7, 11) is 4.16. The van der Waals surface area contributed by atoms with Gasteiger partial charge in [0, 0.05) is 39.3 Å². The van der Waals surface area contributed by atoms with Crippen LogP contribution in [0, 0.1) is 0 Å². The fourth-order valence-corrected chi connectivity index (χ4v) is 2.70. The Morgan fingerprint density at radius 2 is 1.84 bits per heavy atom. The molecule has 0 radical (unpaired) electrons. The van der Waals surface area contributed by atoms with E-state index in [4.69, 9.17) is 5.73 Å². The molecule has 1 aromatic rings. The smallest absolute Gasteiger partial charge is 0.134 e. The molecular formula is C14H25N5. The third-order valence-electron chi connectivity index (χ3n) is 3.98. The Morgan fingerprint density at radius 1 is 1.16 bits per heavy atom. The summed E-state index contributed by atoms with van der Waals surface area (Å²) >= 11 is 0. The SMILES string of the molecule is CN(CCN)c1cc(N(C)C2CCCCC2)ncn1. The van der Waals surface area contributed by atoms with Crippen molar-refractivity contribution in [3.63, 3.8) is 0 Å². The Balaban J connectivity index is 2.08. The maximum absolute atomic E-state index is 5.59. The van der Waals surface area contributed by atoms with Crippen LogP contribution in [0.5, 0.6) is 0 Å². The molecule has 19 heavy (non-hydrogen) atoms. The van der Waals surface area contributed by atoms with E-state index in [2.05, 4.69) is 32.9 Å². The van der Waals surface area contributed by atoms with E-state index < -0.39 is 0 Å². The van der Waals surface area contributed by atoms with Gasteiger partial charge in [-0.1, -0.05) is 19.3 Å². The molecule has 2 N–H and O–H groups in total. The van der Waals surface area contributed by atoms with Gasteiger partial charge < -0.3 is 15.5 Å². The highest BCUT2D eigenvalue weighted by atomic mass is 15.2. The molecule has 1 aliphatic rings. The fourth-order valence-electron chi connectivity index (χ4n) is 2.70. The largest absolute Gasteiger partial charge is 0.358 e. The van der Waals surface area contributed by atoms with Gasteiger partial charge in [0.15, 0.2) is 0 Å². The van der Waals surface area contributed by atoms with Crippen LogP contribution < -0.4 is 15.5 Å². The zero-order chi connectivity index (χ0) is 13.7. The fraction of sp³-hybridized carbons (Fsp3) is 0.714. The average molecular weight is 263 g/mol. The third-order valence-corrected chi connectivity index (χ3v) is 3.98. The highest BCUT2D eigenvalue weighted by Crippen LogP contribution is 2.25. The van der Waals surface area contributed by atoms with Crippen molar-refractivity contribution in [1.82, 2.24) is 9.97 Å². The predicted octanol–water partition coefficient (Wildman–Crippen LogP) is 1.64. The lowest BCUT2D eigenvalue weighted by Crippen LogP contribution is -2.34. The van der Waals surface area contributed by atoms with E-state index in [1.165, 1.54) is 32.1 Å². The third kappa shape index (κ3) is 3.56. The molecular weight excluding hydrogens is 238 g/mol. The van der Waals surface area contributed by atoms with Crippen molar-refractivity contribution < 1.29 is 0 Å². The van der Waals surface area contributed by atoms with Gasteiger partial charge in [0.1, 0.15) is 18.0 Å². The molecule has 5 heteroatoms. The first kappa shape index (κ1) is 14.1. The first-order valence-electron chi connectivity index (χ1n) is 7.18. The number of hydrogen-bond acceptors (Lipinski definition) is 5. The Hall–Kier alpha value is -1.36. The minimum atomic E-state index is 0.622. The number of nitrogens with two attached hydrogens (primary N) is 1. The molecule has 5 nitrogen and oxygen atoms in total. The van der Waals surface area contributed by atoms with E-state index in [-0.39, 0.29) is 0 Å². The molecule has 0 aromatic carbocycles. The summed E-state index contributed by atoms with van der Waals surface area (Å²) < 4.78 is 0. The van der Waals surface area contributed by atoms with Crippen LogP contribution in [0.2, 0.25) is 0 Å². The summed E-state index contributed by atoms with van der Waals surface area (Å²) in [6.45, 7) is 1.44. The lowest BCUT2D eigenvalue weighted by molar-refractivity contribution is 0.426. The molecule has 2 rings (SSSR count). The van der Waals surface area contributed by atoms with Gasteiger partial charge in [-0.2, -0.15) is 0 Å². The molecule has 0 amide bonds. The number of nitrogens with zero attached hydrogens (tertiary/aromatic N) is 4. The molecule has 1 fully saturated rings. The van der Waals surface area contributed by atoms with E-state index in [0.29, 0.717) is 12.6 Å². The van der Waals surface area contributed by atoms with Crippen molar-refractivity contribution in [1.29, 1.82) is 0 Å². The second-order valence-electron chi connectivity index (χ2n) is 5.35. The first-order valence-corrected chi connectivity index (χ1v) is 7.18. The summed E-state index contributed by atoms with van der Waals surface area (Å²) in [6.07, 6.45) is 8.23. The number of hydrogen-bond donors (Lipinski definition) is 1. The zero-order valence-electron chi connectivity index (χ0n) is 12.0. The van der Waals surface area contributed by atoms with Gasteiger partial charge in [-0.3, -0.25) is 0 Å². The van der Waals surface area contributed by atoms with E-state index in [1.54, 1.807) is 6.33 Å². The second kappa shape index (κ2) is 6.70. The topological polar surface area (TPSA) is 58.3 Å². The highest BCUT2D eigenvalue weighted by Gasteiger charge is 2.19. The summed E-state index contributed by atoms with van der Waals surface area (Å²) in [6, 6.07) is 2.68. The van der Waals surface area contributed by atoms with Crippen LogP contribution in [-0.2, 0) is 0 Å². The highest BCUT2D eigenvalue weighted by molar-refractivity contribution is 5.49.